The Hall–Kier alpha value is -2.05. The molecule has 3 heterocycles. The number of hydrogen-bond donors (Lipinski definition) is 1. The van der Waals surface area contributed by atoms with E-state index in [9.17, 15) is 4.79 Å². The van der Waals surface area contributed by atoms with Gasteiger partial charge in [-0.1, -0.05) is 0 Å². The van der Waals surface area contributed by atoms with Gasteiger partial charge in [0.1, 0.15) is 5.52 Å². The van der Waals surface area contributed by atoms with Gasteiger partial charge >= 0.3 is 0 Å². The number of pyridine rings is 1. The average molecular weight is 323 g/mol. The van der Waals surface area contributed by atoms with Crippen molar-refractivity contribution in [1.29, 1.82) is 0 Å². The third kappa shape index (κ3) is 2.67. The lowest BCUT2D eigenvalue weighted by atomic mass is 10.3. The molecule has 3 rings (SSSR count). The maximum Gasteiger partial charge on any atom is 0.275 e. The summed E-state index contributed by atoms with van der Waals surface area (Å²) in [6.07, 6.45) is 1.85. The lowest BCUT2D eigenvalue weighted by molar-refractivity contribution is -0.858. The Labute approximate surface area is 134 Å². The number of rotatable bonds is 4. The van der Waals surface area contributed by atoms with Crippen LogP contribution in [0.3, 0.4) is 0 Å². The number of aromatic nitrogens is 3. The van der Waals surface area contributed by atoms with E-state index in [-0.39, 0.29) is 18.0 Å². The van der Waals surface area contributed by atoms with Crippen molar-refractivity contribution in [2.45, 2.75) is 6.54 Å². The highest BCUT2D eigenvalue weighted by Crippen LogP contribution is 2.17. The smallest absolute Gasteiger partial charge is 0.275 e. The fourth-order valence-corrected chi connectivity index (χ4v) is 2.47. The summed E-state index contributed by atoms with van der Waals surface area (Å²) in [7, 11) is 5.74. The fraction of sp³-hybridized carbons (Fsp3) is 0.333. The minimum absolute atomic E-state index is 0. The Morgan fingerprint density at radius 1 is 1.23 bits per heavy atom. The zero-order valence-corrected chi connectivity index (χ0v) is 13.6. The van der Waals surface area contributed by atoms with Crippen molar-refractivity contribution in [3.05, 3.63) is 40.8 Å². The van der Waals surface area contributed by atoms with Crippen molar-refractivity contribution in [1.82, 2.24) is 14.0 Å². The molecule has 1 N–H and O–H groups in total. The van der Waals surface area contributed by atoms with Crippen LogP contribution in [0, 0.1) is 0 Å². The first kappa shape index (κ1) is 16.3. The minimum Gasteiger partial charge on any atom is -1.00 e. The Morgan fingerprint density at radius 2 is 2.00 bits per heavy atom. The van der Waals surface area contributed by atoms with Crippen molar-refractivity contribution >= 4 is 16.7 Å². The van der Waals surface area contributed by atoms with Gasteiger partial charge in [0.25, 0.3) is 5.56 Å². The topological polar surface area (TPSA) is 53.0 Å². The summed E-state index contributed by atoms with van der Waals surface area (Å²) in [5.74, 6) is 0.543. The molecule has 0 fully saturated rings. The number of nitrogens with zero attached hydrogens (tertiary/aromatic N) is 3. The van der Waals surface area contributed by atoms with Crippen LogP contribution >= 0.6 is 0 Å². The number of nitrogens with one attached hydrogen (secondary N) is 1. The van der Waals surface area contributed by atoms with Crippen LogP contribution in [-0.4, -0.2) is 41.7 Å². The largest absolute Gasteiger partial charge is 1.00 e. The molecule has 0 aliphatic heterocycles. The minimum atomic E-state index is 0. The predicted molar refractivity (Wildman–Crippen MR) is 81.2 cm³/mol. The number of methoxy groups -OCH3 is 1. The number of fused-ring (bicyclic) bond motifs is 3. The lowest BCUT2D eigenvalue weighted by Gasteiger charge is -2.14. The summed E-state index contributed by atoms with van der Waals surface area (Å²) in [6, 6.07) is 7.37. The van der Waals surface area contributed by atoms with Gasteiger partial charge in [-0.25, -0.2) is 0 Å². The average Bonchev–Trinajstić information content (AvgIpc) is 2.96. The fourth-order valence-electron chi connectivity index (χ4n) is 2.47. The monoisotopic (exact) mass is 322 g/mol. The van der Waals surface area contributed by atoms with E-state index in [2.05, 4.69) is 19.1 Å². The second-order valence-electron chi connectivity index (χ2n) is 5.37. The van der Waals surface area contributed by atoms with E-state index in [4.69, 9.17) is 4.74 Å². The summed E-state index contributed by atoms with van der Waals surface area (Å²) in [5.41, 5.74) is 2.21. The van der Waals surface area contributed by atoms with E-state index < -0.39 is 0 Å². The number of quaternary nitrogens is 1. The van der Waals surface area contributed by atoms with Crippen molar-refractivity contribution in [2.75, 3.05) is 27.7 Å². The Kier molecular flexibility index (Phi) is 4.73. The summed E-state index contributed by atoms with van der Waals surface area (Å²) >= 11 is 0. The zero-order valence-electron chi connectivity index (χ0n) is 12.8. The number of halogens is 1. The maximum absolute atomic E-state index is 12.6. The van der Waals surface area contributed by atoms with E-state index in [1.54, 1.807) is 17.7 Å². The Balaban J connectivity index is 0.00000176. The number of hydrogen-bond acceptors (Lipinski definition) is 3. The molecule has 3 aromatic rings. The van der Waals surface area contributed by atoms with E-state index in [0.29, 0.717) is 17.9 Å². The van der Waals surface area contributed by atoms with Crippen molar-refractivity contribution in [3.63, 3.8) is 0 Å². The first-order valence-corrected chi connectivity index (χ1v) is 6.95. The van der Waals surface area contributed by atoms with Gasteiger partial charge in [-0.3, -0.25) is 13.8 Å². The molecule has 0 unspecified atom stereocenters. The molecule has 0 atom stereocenters. The quantitative estimate of drug-likeness (QED) is 0.551. The van der Waals surface area contributed by atoms with Gasteiger partial charge in [-0.2, -0.15) is 4.98 Å². The first-order valence-electron chi connectivity index (χ1n) is 6.95. The molecule has 0 aliphatic rings. The highest BCUT2D eigenvalue weighted by Gasteiger charge is 2.13. The van der Waals surface area contributed by atoms with E-state index >= 15 is 0 Å². The molecule has 6 nitrogen and oxygen atoms in total. The molecular weight excluding hydrogens is 304 g/mol. The summed E-state index contributed by atoms with van der Waals surface area (Å²) < 4.78 is 8.81. The van der Waals surface area contributed by atoms with E-state index in [1.807, 2.05) is 28.8 Å². The molecule has 0 aromatic carbocycles. The van der Waals surface area contributed by atoms with Crippen molar-refractivity contribution in [3.8, 4) is 5.88 Å². The van der Waals surface area contributed by atoms with Gasteiger partial charge in [-0.15, -0.1) is 0 Å². The van der Waals surface area contributed by atoms with E-state index in [1.165, 1.54) is 4.90 Å². The van der Waals surface area contributed by atoms with Gasteiger partial charge in [0, 0.05) is 12.3 Å². The molecule has 0 spiro atoms. The van der Waals surface area contributed by atoms with Crippen LogP contribution in [0.4, 0.5) is 0 Å². The van der Waals surface area contributed by atoms with Gasteiger partial charge in [0.15, 0.2) is 5.65 Å². The molecule has 0 amide bonds. The third-order valence-corrected chi connectivity index (χ3v) is 3.61. The Bertz CT molecular complexity index is 854. The van der Waals surface area contributed by atoms with Crippen LogP contribution < -0.4 is 27.6 Å². The Morgan fingerprint density at radius 3 is 2.68 bits per heavy atom. The molecule has 0 saturated heterocycles. The SMILES string of the molecule is COc1ccc2c(n1)n1cccc1c(=O)n2CC[NH+](C)C.[Cl-]. The molecule has 3 aromatic heterocycles. The highest BCUT2D eigenvalue weighted by molar-refractivity contribution is 5.75. The summed E-state index contributed by atoms with van der Waals surface area (Å²) in [4.78, 5) is 18.4. The zero-order chi connectivity index (χ0) is 15.0. The van der Waals surface area contributed by atoms with E-state index in [0.717, 1.165) is 17.7 Å². The summed E-state index contributed by atoms with van der Waals surface area (Å²) in [6.45, 7) is 1.53. The number of likely N-dealkylation sites (N-methyl/N-ethyl adjacent to an activating group) is 1. The van der Waals surface area contributed by atoms with Gasteiger partial charge < -0.3 is 22.0 Å². The second-order valence-corrected chi connectivity index (χ2v) is 5.37. The lowest BCUT2D eigenvalue weighted by Crippen LogP contribution is -3.06. The third-order valence-electron chi connectivity index (χ3n) is 3.61. The van der Waals surface area contributed by atoms with Crippen LogP contribution in [0.25, 0.3) is 16.7 Å². The van der Waals surface area contributed by atoms with Gasteiger partial charge in [-0.05, 0) is 18.2 Å². The molecule has 0 saturated carbocycles. The predicted octanol–water partition coefficient (Wildman–Crippen LogP) is -3.19. The van der Waals surface area contributed by atoms with Crippen LogP contribution in [0.5, 0.6) is 5.88 Å². The van der Waals surface area contributed by atoms with Crippen LogP contribution in [0.2, 0.25) is 0 Å². The molecule has 7 heteroatoms. The molecule has 118 valence electrons. The molecular formula is C15H19ClN4O2. The van der Waals surface area contributed by atoms with Gasteiger partial charge in [0.05, 0.1) is 39.8 Å². The van der Waals surface area contributed by atoms with Crippen molar-refractivity contribution < 1.29 is 22.0 Å². The molecule has 22 heavy (non-hydrogen) atoms. The van der Waals surface area contributed by atoms with Crippen molar-refractivity contribution in [2.24, 2.45) is 0 Å². The maximum atomic E-state index is 12.6. The summed E-state index contributed by atoms with van der Waals surface area (Å²) in [5, 5.41) is 0. The molecule has 0 radical (unpaired) electrons. The first-order chi connectivity index (χ1) is 10.1. The standard InChI is InChI=1S/C15H18N4O2.ClH/c1-17(2)9-10-19-11-6-7-13(21-3)16-14(11)18-8-4-5-12(18)15(19)20;/h4-8H,9-10H2,1-3H3;1H. The van der Waals surface area contributed by atoms with Crippen LogP contribution in [0.15, 0.2) is 35.3 Å². The second kappa shape index (κ2) is 6.37. The molecule has 0 bridgehead atoms. The van der Waals surface area contributed by atoms with Crippen LogP contribution in [0.1, 0.15) is 0 Å². The normalized spacial score (nSPS) is 11.1. The van der Waals surface area contributed by atoms with Crippen LogP contribution in [-0.2, 0) is 6.54 Å². The van der Waals surface area contributed by atoms with Gasteiger partial charge in [0.2, 0.25) is 5.88 Å². The molecule has 0 aliphatic carbocycles. The highest BCUT2D eigenvalue weighted by atomic mass is 35.5. The number of ether oxygens (including phenoxy) is 1.